The van der Waals surface area contributed by atoms with Gasteiger partial charge in [0.2, 0.25) is 0 Å². The second-order valence-corrected chi connectivity index (χ2v) is 5.08. The van der Waals surface area contributed by atoms with Gasteiger partial charge in [0, 0.05) is 5.03 Å². The van der Waals surface area contributed by atoms with E-state index in [9.17, 15) is 0 Å². The molecule has 0 aromatic rings. The van der Waals surface area contributed by atoms with Gasteiger partial charge in [-0.2, -0.15) is 0 Å². The Hall–Kier alpha value is 0.0300. The third-order valence-corrected chi connectivity index (χ3v) is 4.15. The summed E-state index contributed by atoms with van der Waals surface area (Å²) >= 11 is 6.10. The molecular weight excluding hydrogens is 156 g/mol. The minimum absolute atomic E-state index is 0.581. The Morgan fingerprint density at radius 1 is 1.27 bits per heavy atom. The van der Waals surface area contributed by atoms with Crippen molar-refractivity contribution in [1.82, 2.24) is 0 Å². The summed E-state index contributed by atoms with van der Waals surface area (Å²) in [7, 11) is 0. The van der Waals surface area contributed by atoms with Crippen molar-refractivity contribution < 1.29 is 0 Å². The molecule has 0 aromatic carbocycles. The van der Waals surface area contributed by atoms with Crippen molar-refractivity contribution in [1.29, 1.82) is 0 Å². The lowest BCUT2D eigenvalue weighted by Gasteiger charge is -2.10. The summed E-state index contributed by atoms with van der Waals surface area (Å²) < 4.78 is 0. The Kier molecular flexibility index (Phi) is 1.42. The zero-order chi connectivity index (χ0) is 8.22. The maximum Gasteiger partial charge on any atom is 0.0173 e. The topological polar surface area (TPSA) is 0 Å². The van der Waals surface area contributed by atoms with Gasteiger partial charge in [-0.25, -0.2) is 0 Å². The first-order valence-corrected chi connectivity index (χ1v) is 4.75. The van der Waals surface area contributed by atoms with Crippen LogP contribution in [0.1, 0.15) is 33.6 Å². The minimum Gasteiger partial charge on any atom is -0.0892 e. The Morgan fingerprint density at radius 2 is 1.82 bits per heavy atom. The van der Waals surface area contributed by atoms with Gasteiger partial charge in [-0.15, -0.1) is 0 Å². The van der Waals surface area contributed by atoms with Crippen LogP contribution in [0.15, 0.2) is 10.6 Å². The maximum atomic E-state index is 6.10. The van der Waals surface area contributed by atoms with Crippen molar-refractivity contribution in [3.8, 4) is 0 Å². The molecule has 0 spiro atoms. The zero-order valence-electron chi connectivity index (χ0n) is 7.45. The van der Waals surface area contributed by atoms with Crippen LogP contribution in [-0.2, 0) is 0 Å². The van der Waals surface area contributed by atoms with Crippen molar-refractivity contribution in [3.05, 3.63) is 10.6 Å². The average molecular weight is 171 g/mol. The third kappa shape index (κ3) is 0.955. The maximum absolute atomic E-state index is 6.10. The Labute approximate surface area is 73.6 Å². The lowest BCUT2D eigenvalue weighted by atomic mass is 10.0. The van der Waals surface area contributed by atoms with E-state index in [-0.39, 0.29) is 0 Å². The molecule has 1 heteroatoms. The molecule has 1 fully saturated rings. The highest BCUT2D eigenvalue weighted by Crippen LogP contribution is 2.65. The van der Waals surface area contributed by atoms with E-state index in [1.165, 1.54) is 12.0 Å². The quantitative estimate of drug-likeness (QED) is 0.522. The van der Waals surface area contributed by atoms with Crippen molar-refractivity contribution >= 4 is 11.6 Å². The average Bonchev–Trinajstić information content (AvgIpc) is 2.39. The summed E-state index contributed by atoms with van der Waals surface area (Å²) in [6.45, 7) is 6.91. The van der Waals surface area contributed by atoms with Crippen molar-refractivity contribution in [3.63, 3.8) is 0 Å². The van der Waals surface area contributed by atoms with E-state index in [0.29, 0.717) is 5.41 Å². The fraction of sp³-hybridized carbons (Fsp3) is 0.800. The largest absolute Gasteiger partial charge is 0.0892 e. The van der Waals surface area contributed by atoms with Gasteiger partial charge >= 0.3 is 0 Å². The highest BCUT2D eigenvalue weighted by molar-refractivity contribution is 6.30. The number of allylic oxidation sites excluding steroid dienone is 2. The van der Waals surface area contributed by atoms with Gasteiger partial charge < -0.3 is 0 Å². The summed E-state index contributed by atoms with van der Waals surface area (Å²) in [6, 6.07) is 0. The summed E-state index contributed by atoms with van der Waals surface area (Å²) in [6.07, 6.45) is 2.39. The number of hydrogen-bond donors (Lipinski definition) is 0. The Bertz CT molecular complexity index is 203. The fourth-order valence-corrected chi connectivity index (χ4v) is 2.72. The highest BCUT2D eigenvalue weighted by atomic mass is 35.5. The van der Waals surface area contributed by atoms with E-state index < -0.39 is 0 Å². The first-order valence-electron chi connectivity index (χ1n) is 4.37. The molecule has 0 heterocycles. The summed E-state index contributed by atoms with van der Waals surface area (Å²) in [5.41, 5.74) is 2.01. The van der Waals surface area contributed by atoms with Crippen molar-refractivity contribution in [2.24, 2.45) is 17.3 Å². The van der Waals surface area contributed by atoms with Gasteiger partial charge in [-0.05, 0) is 37.0 Å². The van der Waals surface area contributed by atoms with Gasteiger partial charge in [0.1, 0.15) is 0 Å². The number of hydrogen-bond acceptors (Lipinski definition) is 0. The van der Waals surface area contributed by atoms with Gasteiger partial charge in [0.25, 0.3) is 0 Å². The van der Waals surface area contributed by atoms with E-state index in [1.54, 1.807) is 0 Å². The SMILES string of the molecule is CC1=C(Cl)CC2C(C1)C2(C)C. The predicted octanol–water partition coefficient (Wildman–Crippen LogP) is 3.57. The third-order valence-electron chi connectivity index (χ3n) is 3.68. The molecule has 0 nitrogen and oxygen atoms in total. The molecule has 0 N–H and O–H groups in total. The normalized spacial score (nSPS) is 40.4. The molecular formula is C10H15Cl. The molecule has 0 amide bonds. The molecule has 11 heavy (non-hydrogen) atoms. The Balaban J connectivity index is 2.18. The van der Waals surface area contributed by atoms with Crippen LogP contribution in [-0.4, -0.2) is 0 Å². The molecule has 2 rings (SSSR count). The molecule has 0 radical (unpaired) electrons. The second kappa shape index (κ2) is 2.04. The lowest BCUT2D eigenvalue weighted by molar-refractivity contribution is 0.541. The molecule has 2 aliphatic carbocycles. The smallest absolute Gasteiger partial charge is 0.0173 e. The molecule has 0 saturated heterocycles. The van der Waals surface area contributed by atoms with Gasteiger partial charge in [-0.1, -0.05) is 31.0 Å². The second-order valence-electron chi connectivity index (χ2n) is 4.63. The lowest BCUT2D eigenvalue weighted by Crippen LogP contribution is -1.95. The first kappa shape index (κ1) is 7.67. The molecule has 0 aromatic heterocycles. The predicted molar refractivity (Wildman–Crippen MR) is 48.5 cm³/mol. The van der Waals surface area contributed by atoms with Crippen LogP contribution >= 0.6 is 11.6 Å². The van der Waals surface area contributed by atoms with E-state index in [1.807, 2.05) is 0 Å². The first-order chi connectivity index (χ1) is 5.03. The monoisotopic (exact) mass is 170 g/mol. The van der Waals surface area contributed by atoms with Crippen LogP contribution in [0.4, 0.5) is 0 Å². The summed E-state index contributed by atoms with van der Waals surface area (Å²) in [4.78, 5) is 0. The minimum atomic E-state index is 0.581. The summed E-state index contributed by atoms with van der Waals surface area (Å²) in [5.74, 6) is 1.82. The molecule has 1 saturated carbocycles. The van der Waals surface area contributed by atoms with Crippen LogP contribution in [0.2, 0.25) is 0 Å². The van der Waals surface area contributed by atoms with Gasteiger partial charge in [0.05, 0.1) is 0 Å². The molecule has 0 bridgehead atoms. The van der Waals surface area contributed by atoms with E-state index in [4.69, 9.17) is 11.6 Å². The summed E-state index contributed by atoms with van der Waals surface area (Å²) in [5, 5.41) is 1.14. The van der Waals surface area contributed by atoms with E-state index in [2.05, 4.69) is 20.8 Å². The van der Waals surface area contributed by atoms with Crippen LogP contribution < -0.4 is 0 Å². The van der Waals surface area contributed by atoms with Gasteiger partial charge in [-0.3, -0.25) is 0 Å². The van der Waals surface area contributed by atoms with Crippen molar-refractivity contribution in [2.75, 3.05) is 0 Å². The van der Waals surface area contributed by atoms with Crippen LogP contribution in [0.3, 0.4) is 0 Å². The Morgan fingerprint density at radius 3 is 2.36 bits per heavy atom. The number of halogens is 1. The van der Waals surface area contributed by atoms with Crippen molar-refractivity contribution in [2.45, 2.75) is 33.6 Å². The molecule has 2 atom stereocenters. The molecule has 2 unspecified atom stereocenters. The van der Waals surface area contributed by atoms with E-state index in [0.717, 1.165) is 23.3 Å². The molecule has 0 aliphatic heterocycles. The van der Waals surface area contributed by atoms with Crippen LogP contribution in [0.5, 0.6) is 0 Å². The van der Waals surface area contributed by atoms with Crippen LogP contribution in [0, 0.1) is 17.3 Å². The number of rotatable bonds is 0. The standard InChI is InChI=1S/C10H15Cl/c1-6-4-7-8(5-9(6)11)10(7,2)3/h7-8H,4-5H2,1-3H3. The van der Waals surface area contributed by atoms with Gasteiger partial charge in [0.15, 0.2) is 0 Å². The zero-order valence-corrected chi connectivity index (χ0v) is 8.20. The molecule has 62 valence electrons. The van der Waals surface area contributed by atoms with Crippen LogP contribution in [0.25, 0.3) is 0 Å². The number of fused-ring (bicyclic) bond motifs is 1. The molecule has 2 aliphatic rings. The highest BCUT2D eigenvalue weighted by Gasteiger charge is 2.58. The fourth-order valence-electron chi connectivity index (χ4n) is 2.48. The van der Waals surface area contributed by atoms with E-state index >= 15 is 0 Å².